The van der Waals surface area contributed by atoms with Gasteiger partial charge in [0.2, 0.25) is 0 Å². The lowest BCUT2D eigenvalue weighted by atomic mass is 10.1. The zero-order chi connectivity index (χ0) is 14.7. The molecule has 0 radical (unpaired) electrons. The highest BCUT2D eigenvalue weighted by atomic mass is 32.2. The predicted molar refractivity (Wildman–Crippen MR) is 79.1 cm³/mol. The van der Waals surface area contributed by atoms with Crippen molar-refractivity contribution < 1.29 is 14.1 Å². The summed E-state index contributed by atoms with van der Waals surface area (Å²) in [7, 11) is -1.62. The van der Waals surface area contributed by atoms with E-state index in [9.17, 15) is 14.1 Å². The van der Waals surface area contributed by atoms with Gasteiger partial charge >= 0.3 is 5.97 Å². The van der Waals surface area contributed by atoms with Gasteiger partial charge in [0, 0.05) is 4.90 Å². The van der Waals surface area contributed by atoms with Crippen molar-refractivity contribution >= 4 is 16.8 Å². The topological polar surface area (TPSA) is 54.4 Å². The van der Waals surface area contributed by atoms with Crippen LogP contribution in [0.1, 0.15) is 21.9 Å². The molecule has 104 valence electrons. The van der Waals surface area contributed by atoms with Crippen LogP contribution in [0.25, 0.3) is 0 Å². The summed E-state index contributed by atoms with van der Waals surface area (Å²) in [5.41, 5.74) is 2.37. The normalized spacial score (nSPS) is 13.7. The van der Waals surface area contributed by atoms with Crippen LogP contribution in [0, 0.1) is 13.8 Å². The van der Waals surface area contributed by atoms with Gasteiger partial charge < -0.3 is 5.11 Å². The predicted octanol–water partition coefficient (Wildman–Crippen LogP) is 3.24. The average molecular weight is 288 g/mol. The molecule has 0 heterocycles. The summed E-state index contributed by atoms with van der Waals surface area (Å²) in [6.45, 7) is 3.75. The smallest absolute Gasteiger partial charge is 0.324 e. The average Bonchev–Trinajstić information content (AvgIpc) is 2.42. The Kier molecular flexibility index (Phi) is 4.35. The van der Waals surface area contributed by atoms with Gasteiger partial charge in [-0.2, -0.15) is 0 Å². The molecule has 0 amide bonds. The summed E-state index contributed by atoms with van der Waals surface area (Å²) < 4.78 is 12.7. The summed E-state index contributed by atoms with van der Waals surface area (Å²) in [6, 6.07) is 14.3. The van der Waals surface area contributed by atoms with Crippen LogP contribution in [0.3, 0.4) is 0 Å². The Morgan fingerprint density at radius 2 is 1.75 bits per heavy atom. The number of rotatable bonds is 4. The van der Waals surface area contributed by atoms with Crippen LogP contribution >= 0.6 is 0 Å². The summed E-state index contributed by atoms with van der Waals surface area (Å²) >= 11 is 0. The van der Waals surface area contributed by atoms with E-state index in [2.05, 4.69) is 0 Å². The first-order chi connectivity index (χ1) is 9.50. The molecule has 3 nitrogen and oxygen atoms in total. The summed E-state index contributed by atoms with van der Waals surface area (Å²) in [5.74, 6) is -1.07. The quantitative estimate of drug-likeness (QED) is 0.939. The van der Waals surface area contributed by atoms with Crippen molar-refractivity contribution in [2.45, 2.75) is 24.0 Å². The lowest BCUT2D eigenvalue weighted by Gasteiger charge is -2.14. The molecule has 2 atom stereocenters. The monoisotopic (exact) mass is 288 g/mol. The third-order valence-corrected chi connectivity index (χ3v) is 4.88. The second kappa shape index (κ2) is 6.01. The van der Waals surface area contributed by atoms with Gasteiger partial charge in [0.1, 0.15) is 0 Å². The molecule has 0 saturated carbocycles. The van der Waals surface area contributed by atoms with Gasteiger partial charge in [-0.05, 0) is 36.6 Å². The van der Waals surface area contributed by atoms with E-state index in [1.807, 2.05) is 32.0 Å². The van der Waals surface area contributed by atoms with E-state index in [1.54, 1.807) is 30.3 Å². The van der Waals surface area contributed by atoms with E-state index < -0.39 is 22.0 Å². The minimum Gasteiger partial charge on any atom is -0.480 e. The Morgan fingerprint density at radius 1 is 1.10 bits per heavy atom. The summed E-state index contributed by atoms with van der Waals surface area (Å²) in [5, 5.41) is 8.38. The van der Waals surface area contributed by atoms with Crippen molar-refractivity contribution in [3.8, 4) is 0 Å². The Morgan fingerprint density at radius 3 is 2.35 bits per heavy atom. The van der Waals surface area contributed by atoms with Crippen LogP contribution in [0.4, 0.5) is 0 Å². The minimum absolute atomic E-state index is 0.555. The third-order valence-electron chi connectivity index (χ3n) is 3.10. The second-order valence-electron chi connectivity index (χ2n) is 4.70. The van der Waals surface area contributed by atoms with Gasteiger partial charge in [0.15, 0.2) is 5.25 Å². The fourth-order valence-electron chi connectivity index (χ4n) is 2.04. The molecule has 2 unspecified atom stereocenters. The van der Waals surface area contributed by atoms with Gasteiger partial charge in [-0.15, -0.1) is 0 Å². The fourth-order valence-corrected chi connectivity index (χ4v) is 3.57. The van der Waals surface area contributed by atoms with Crippen LogP contribution < -0.4 is 0 Å². The van der Waals surface area contributed by atoms with Crippen molar-refractivity contribution in [3.05, 3.63) is 65.2 Å². The van der Waals surface area contributed by atoms with E-state index in [4.69, 9.17) is 0 Å². The lowest BCUT2D eigenvalue weighted by Crippen LogP contribution is -2.18. The lowest BCUT2D eigenvalue weighted by molar-refractivity contribution is -0.136. The first-order valence-electron chi connectivity index (χ1n) is 6.26. The Bertz CT molecular complexity index is 650. The first-order valence-corrected chi connectivity index (χ1v) is 7.47. The fraction of sp³-hybridized carbons (Fsp3) is 0.188. The Labute approximate surface area is 120 Å². The van der Waals surface area contributed by atoms with Gasteiger partial charge in [0.05, 0.1) is 10.8 Å². The number of carbonyl (C=O) groups is 1. The standard InChI is InChI=1S/C16H16O3S/c1-11-8-9-12(2)14(10-11)20(19)15(16(17)18)13-6-4-3-5-7-13/h3-10,15H,1-2H3,(H,17,18). The van der Waals surface area contributed by atoms with E-state index in [0.29, 0.717) is 10.5 Å². The van der Waals surface area contributed by atoms with Crippen LogP contribution in [0.15, 0.2) is 53.4 Å². The van der Waals surface area contributed by atoms with Crippen LogP contribution in [0.2, 0.25) is 0 Å². The maximum Gasteiger partial charge on any atom is 0.324 e. The highest BCUT2D eigenvalue weighted by Gasteiger charge is 2.28. The molecule has 0 aliphatic heterocycles. The number of benzene rings is 2. The number of carboxylic acid groups (broad SMARTS) is 1. The van der Waals surface area contributed by atoms with Crippen LogP contribution in [-0.4, -0.2) is 15.3 Å². The van der Waals surface area contributed by atoms with Crippen molar-refractivity contribution in [2.75, 3.05) is 0 Å². The van der Waals surface area contributed by atoms with Gasteiger partial charge in [-0.25, -0.2) is 0 Å². The van der Waals surface area contributed by atoms with Gasteiger partial charge in [0.25, 0.3) is 0 Å². The molecule has 0 aromatic heterocycles. The molecule has 0 aliphatic rings. The van der Waals surface area contributed by atoms with Gasteiger partial charge in [-0.3, -0.25) is 9.00 Å². The Balaban J connectivity index is 2.48. The van der Waals surface area contributed by atoms with Crippen molar-refractivity contribution in [2.24, 2.45) is 0 Å². The minimum atomic E-state index is -1.62. The largest absolute Gasteiger partial charge is 0.480 e. The third kappa shape index (κ3) is 2.96. The zero-order valence-electron chi connectivity index (χ0n) is 11.4. The molecule has 0 spiro atoms. The highest BCUT2D eigenvalue weighted by Crippen LogP contribution is 2.28. The molecule has 0 saturated heterocycles. The maximum absolute atomic E-state index is 12.7. The number of hydrogen-bond donors (Lipinski definition) is 1. The van der Waals surface area contributed by atoms with Crippen LogP contribution in [0.5, 0.6) is 0 Å². The van der Waals surface area contributed by atoms with E-state index in [0.717, 1.165) is 11.1 Å². The molecule has 0 aliphatic carbocycles. The maximum atomic E-state index is 12.7. The molecule has 2 rings (SSSR count). The summed E-state index contributed by atoms with van der Waals surface area (Å²) in [6.07, 6.45) is 0. The van der Waals surface area contributed by atoms with E-state index >= 15 is 0 Å². The number of aliphatic carboxylic acids is 1. The van der Waals surface area contributed by atoms with Crippen LogP contribution in [-0.2, 0) is 15.6 Å². The van der Waals surface area contributed by atoms with E-state index in [1.165, 1.54) is 0 Å². The number of hydrogen-bond acceptors (Lipinski definition) is 2. The number of aryl methyl sites for hydroxylation is 2. The first kappa shape index (κ1) is 14.5. The Hall–Kier alpha value is -1.94. The molecular formula is C16H16O3S. The molecule has 1 N–H and O–H groups in total. The van der Waals surface area contributed by atoms with Crippen molar-refractivity contribution in [1.29, 1.82) is 0 Å². The molecule has 20 heavy (non-hydrogen) atoms. The molecule has 0 bridgehead atoms. The molecule has 2 aromatic rings. The molecule has 0 fully saturated rings. The zero-order valence-corrected chi connectivity index (χ0v) is 12.2. The van der Waals surface area contributed by atoms with Crippen molar-refractivity contribution in [1.82, 2.24) is 0 Å². The molecular weight excluding hydrogens is 272 g/mol. The molecule has 4 heteroatoms. The second-order valence-corrected chi connectivity index (χ2v) is 6.20. The van der Waals surface area contributed by atoms with E-state index in [-0.39, 0.29) is 0 Å². The number of carboxylic acids is 1. The summed E-state index contributed by atoms with van der Waals surface area (Å²) in [4.78, 5) is 12.1. The highest BCUT2D eigenvalue weighted by molar-refractivity contribution is 7.86. The van der Waals surface area contributed by atoms with Crippen molar-refractivity contribution in [3.63, 3.8) is 0 Å². The molecule has 2 aromatic carbocycles. The SMILES string of the molecule is Cc1ccc(C)c(S(=O)C(C(=O)O)c2ccccc2)c1. The van der Waals surface area contributed by atoms with Gasteiger partial charge in [-0.1, -0.05) is 42.5 Å².